The lowest BCUT2D eigenvalue weighted by Gasteiger charge is -2.16. The van der Waals surface area contributed by atoms with Gasteiger partial charge in [0.15, 0.2) is 0 Å². The van der Waals surface area contributed by atoms with Gasteiger partial charge in [-0.1, -0.05) is 41.9 Å². The molecule has 0 heterocycles. The minimum absolute atomic E-state index is 0.0279. The molecule has 20 heavy (non-hydrogen) atoms. The first-order valence-corrected chi connectivity index (χ1v) is 6.86. The molecule has 0 saturated heterocycles. The standard InChI is InChI=1S/C16H16ClF2N/c17-14-6-3-5-13(16(14)19)9-11(10-20)8-12-4-1-2-7-15(12)18/h1-7,11H,8-10,20H2. The Hall–Kier alpha value is -1.45. The summed E-state index contributed by atoms with van der Waals surface area (Å²) in [6, 6.07) is 11.5. The van der Waals surface area contributed by atoms with E-state index < -0.39 is 5.82 Å². The van der Waals surface area contributed by atoms with E-state index in [1.807, 2.05) is 0 Å². The van der Waals surface area contributed by atoms with Crippen LogP contribution in [-0.2, 0) is 12.8 Å². The first-order valence-electron chi connectivity index (χ1n) is 6.48. The van der Waals surface area contributed by atoms with Gasteiger partial charge in [-0.15, -0.1) is 0 Å². The average molecular weight is 296 g/mol. The molecule has 0 radical (unpaired) electrons. The van der Waals surface area contributed by atoms with E-state index in [4.69, 9.17) is 17.3 Å². The zero-order valence-electron chi connectivity index (χ0n) is 11.0. The van der Waals surface area contributed by atoms with Gasteiger partial charge in [0.2, 0.25) is 0 Å². The highest BCUT2D eigenvalue weighted by Gasteiger charge is 2.15. The molecule has 0 aliphatic carbocycles. The Morgan fingerprint density at radius 3 is 2.30 bits per heavy atom. The number of hydrogen-bond donors (Lipinski definition) is 1. The zero-order valence-corrected chi connectivity index (χ0v) is 11.7. The Bertz CT molecular complexity index is 586. The lowest BCUT2D eigenvalue weighted by molar-refractivity contribution is 0.497. The van der Waals surface area contributed by atoms with Crippen LogP contribution in [0.25, 0.3) is 0 Å². The molecule has 1 nitrogen and oxygen atoms in total. The largest absolute Gasteiger partial charge is 0.330 e. The first kappa shape index (κ1) is 14.9. The van der Waals surface area contributed by atoms with Crippen molar-refractivity contribution in [3.05, 3.63) is 70.2 Å². The van der Waals surface area contributed by atoms with Crippen molar-refractivity contribution in [1.82, 2.24) is 0 Å². The molecule has 2 aromatic carbocycles. The fourth-order valence-corrected chi connectivity index (χ4v) is 2.42. The number of hydrogen-bond acceptors (Lipinski definition) is 1. The van der Waals surface area contributed by atoms with Gasteiger partial charge in [-0.3, -0.25) is 0 Å². The number of benzene rings is 2. The first-order chi connectivity index (χ1) is 9.61. The molecule has 0 saturated carbocycles. The van der Waals surface area contributed by atoms with Gasteiger partial charge in [0.1, 0.15) is 11.6 Å². The Labute approximate surface area is 122 Å². The van der Waals surface area contributed by atoms with Crippen molar-refractivity contribution in [3.8, 4) is 0 Å². The van der Waals surface area contributed by atoms with Gasteiger partial charge >= 0.3 is 0 Å². The van der Waals surface area contributed by atoms with E-state index in [9.17, 15) is 8.78 Å². The molecule has 0 aliphatic heterocycles. The summed E-state index contributed by atoms with van der Waals surface area (Å²) in [6.45, 7) is 0.361. The highest BCUT2D eigenvalue weighted by atomic mass is 35.5. The molecule has 0 fully saturated rings. The molecule has 0 aromatic heterocycles. The highest BCUT2D eigenvalue weighted by Crippen LogP contribution is 2.22. The fourth-order valence-electron chi connectivity index (χ4n) is 2.23. The molecule has 0 aliphatic rings. The van der Waals surface area contributed by atoms with Crippen LogP contribution in [-0.4, -0.2) is 6.54 Å². The van der Waals surface area contributed by atoms with Crippen molar-refractivity contribution < 1.29 is 8.78 Å². The number of halogens is 3. The third-order valence-corrected chi connectivity index (χ3v) is 3.63. The third kappa shape index (κ3) is 3.56. The lowest BCUT2D eigenvalue weighted by Crippen LogP contribution is -2.20. The Balaban J connectivity index is 2.14. The molecule has 1 unspecified atom stereocenters. The second-order valence-corrected chi connectivity index (χ2v) is 5.22. The third-order valence-electron chi connectivity index (χ3n) is 3.34. The average Bonchev–Trinajstić information content (AvgIpc) is 2.45. The van der Waals surface area contributed by atoms with Gasteiger partial charge in [-0.2, -0.15) is 0 Å². The maximum atomic E-state index is 13.9. The van der Waals surface area contributed by atoms with Crippen molar-refractivity contribution >= 4 is 11.6 Å². The van der Waals surface area contributed by atoms with E-state index in [1.165, 1.54) is 12.1 Å². The van der Waals surface area contributed by atoms with Crippen LogP contribution < -0.4 is 5.73 Å². The summed E-state index contributed by atoms with van der Waals surface area (Å²) in [7, 11) is 0. The Morgan fingerprint density at radius 2 is 1.60 bits per heavy atom. The van der Waals surface area contributed by atoms with Gasteiger partial charge in [-0.05, 0) is 48.6 Å². The van der Waals surface area contributed by atoms with E-state index in [1.54, 1.807) is 30.3 Å². The maximum Gasteiger partial charge on any atom is 0.144 e. The van der Waals surface area contributed by atoms with Crippen LogP contribution >= 0.6 is 11.6 Å². The number of nitrogens with two attached hydrogens (primary N) is 1. The van der Waals surface area contributed by atoms with Crippen LogP contribution in [0.1, 0.15) is 11.1 Å². The second kappa shape index (κ2) is 6.82. The van der Waals surface area contributed by atoms with Gasteiger partial charge in [0.25, 0.3) is 0 Å². The van der Waals surface area contributed by atoms with Gasteiger partial charge in [0, 0.05) is 0 Å². The molecule has 2 rings (SSSR count). The van der Waals surface area contributed by atoms with E-state index in [2.05, 4.69) is 0 Å². The predicted molar refractivity (Wildman–Crippen MR) is 77.8 cm³/mol. The van der Waals surface area contributed by atoms with Crippen LogP contribution in [0.2, 0.25) is 5.02 Å². The summed E-state index contributed by atoms with van der Waals surface area (Å²) in [4.78, 5) is 0. The fraction of sp³-hybridized carbons (Fsp3) is 0.250. The predicted octanol–water partition coefficient (Wildman–Crippen LogP) is 3.98. The Kier molecular flexibility index (Phi) is 5.10. The molecule has 2 aromatic rings. The molecule has 0 spiro atoms. The lowest BCUT2D eigenvalue weighted by atomic mass is 9.92. The summed E-state index contributed by atoms with van der Waals surface area (Å²) in [5.41, 5.74) is 6.85. The Morgan fingerprint density at radius 1 is 0.950 bits per heavy atom. The summed E-state index contributed by atoms with van der Waals surface area (Å²) in [6.07, 6.45) is 0.923. The van der Waals surface area contributed by atoms with E-state index in [-0.39, 0.29) is 16.8 Å². The van der Waals surface area contributed by atoms with Crippen LogP contribution in [0.15, 0.2) is 42.5 Å². The summed E-state index contributed by atoms with van der Waals surface area (Å²) >= 11 is 5.76. The van der Waals surface area contributed by atoms with E-state index >= 15 is 0 Å². The van der Waals surface area contributed by atoms with Gasteiger partial charge < -0.3 is 5.73 Å². The molecule has 4 heteroatoms. The number of rotatable bonds is 5. The smallest absolute Gasteiger partial charge is 0.144 e. The maximum absolute atomic E-state index is 13.9. The normalized spacial score (nSPS) is 12.4. The summed E-state index contributed by atoms with van der Waals surface area (Å²) < 4.78 is 27.5. The van der Waals surface area contributed by atoms with Gasteiger partial charge in [-0.25, -0.2) is 8.78 Å². The van der Waals surface area contributed by atoms with Gasteiger partial charge in [0.05, 0.1) is 5.02 Å². The topological polar surface area (TPSA) is 26.0 Å². The van der Waals surface area contributed by atoms with E-state index in [0.717, 1.165) is 0 Å². The van der Waals surface area contributed by atoms with Crippen molar-refractivity contribution in [1.29, 1.82) is 0 Å². The minimum atomic E-state index is -0.416. The van der Waals surface area contributed by atoms with Crippen LogP contribution in [0.5, 0.6) is 0 Å². The van der Waals surface area contributed by atoms with Crippen LogP contribution in [0, 0.1) is 17.6 Å². The molecule has 1 atom stereocenters. The van der Waals surface area contributed by atoms with Crippen molar-refractivity contribution in [2.45, 2.75) is 12.8 Å². The van der Waals surface area contributed by atoms with Crippen molar-refractivity contribution in [2.75, 3.05) is 6.54 Å². The minimum Gasteiger partial charge on any atom is -0.330 e. The summed E-state index contributed by atoms with van der Waals surface area (Å²) in [5.74, 6) is -0.696. The quantitative estimate of drug-likeness (QED) is 0.887. The SMILES string of the molecule is NCC(Cc1ccccc1F)Cc1cccc(Cl)c1F. The monoisotopic (exact) mass is 295 g/mol. The van der Waals surface area contributed by atoms with Crippen LogP contribution in [0.4, 0.5) is 8.78 Å². The molecule has 0 bridgehead atoms. The van der Waals surface area contributed by atoms with E-state index in [0.29, 0.717) is 30.5 Å². The van der Waals surface area contributed by atoms with Crippen molar-refractivity contribution in [3.63, 3.8) is 0 Å². The highest BCUT2D eigenvalue weighted by molar-refractivity contribution is 6.30. The zero-order chi connectivity index (χ0) is 14.5. The molecule has 106 valence electrons. The molecule has 2 N–H and O–H groups in total. The molecular weight excluding hydrogens is 280 g/mol. The van der Waals surface area contributed by atoms with Crippen molar-refractivity contribution in [2.24, 2.45) is 11.7 Å². The van der Waals surface area contributed by atoms with Crippen LogP contribution in [0.3, 0.4) is 0 Å². The summed E-state index contributed by atoms with van der Waals surface area (Å²) in [5, 5.41) is 0.101. The molecule has 0 amide bonds. The second-order valence-electron chi connectivity index (χ2n) is 4.81. The molecular formula is C16H16ClF2N.